The van der Waals surface area contributed by atoms with E-state index >= 15 is 0 Å². The van der Waals surface area contributed by atoms with E-state index in [4.69, 9.17) is 0 Å². The quantitative estimate of drug-likeness (QED) is 0.735. The SMILES string of the molecule is CC(C)c1ccc(C2(C#N)CCCC2C)cc1. The monoisotopic (exact) mass is 227 g/mol. The molecular formula is C16H21N. The molecule has 1 nitrogen and oxygen atoms in total. The first kappa shape index (κ1) is 12.2. The minimum atomic E-state index is -0.227. The van der Waals surface area contributed by atoms with Gasteiger partial charge in [0.1, 0.15) is 0 Å². The van der Waals surface area contributed by atoms with Gasteiger partial charge in [0.2, 0.25) is 0 Å². The van der Waals surface area contributed by atoms with Crippen LogP contribution in [-0.2, 0) is 5.41 Å². The van der Waals surface area contributed by atoms with Crippen LogP contribution in [0.3, 0.4) is 0 Å². The topological polar surface area (TPSA) is 23.8 Å². The predicted octanol–water partition coefficient (Wildman–Crippen LogP) is 4.39. The van der Waals surface area contributed by atoms with Gasteiger partial charge in [-0.05, 0) is 35.8 Å². The maximum absolute atomic E-state index is 9.57. The molecule has 0 saturated heterocycles. The minimum Gasteiger partial charge on any atom is -0.197 e. The zero-order valence-electron chi connectivity index (χ0n) is 11.0. The van der Waals surface area contributed by atoms with Gasteiger partial charge in [-0.25, -0.2) is 0 Å². The molecule has 1 heteroatoms. The van der Waals surface area contributed by atoms with E-state index in [0.29, 0.717) is 11.8 Å². The third-order valence-electron chi connectivity index (χ3n) is 4.34. The molecular weight excluding hydrogens is 206 g/mol. The second-order valence-electron chi connectivity index (χ2n) is 5.65. The molecule has 0 heterocycles. The van der Waals surface area contributed by atoms with Gasteiger partial charge in [0.15, 0.2) is 0 Å². The normalized spacial score (nSPS) is 28.3. The van der Waals surface area contributed by atoms with Gasteiger partial charge < -0.3 is 0 Å². The molecule has 1 aliphatic rings. The van der Waals surface area contributed by atoms with Gasteiger partial charge in [0.05, 0.1) is 11.5 Å². The summed E-state index contributed by atoms with van der Waals surface area (Å²) in [4.78, 5) is 0. The van der Waals surface area contributed by atoms with E-state index < -0.39 is 0 Å². The number of hydrogen-bond acceptors (Lipinski definition) is 1. The van der Waals surface area contributed by atoms with Crippen molar-refractivity contribution in [1.82, 2.24) is 0 Å². The highest BCUT2D eigenvalue weighted by molar-refractivity contribution is 5.37. The van der Waals surface area contributed by atoms with Gasteiger partial charge in [-0.15, -0.1) is 0 Å². The molecule has 0 aromatic heterocycles. The number of hydrogen-bond donors (Lipinski definition) is 0. The number of nitriles is 1. The zero-order valence-corrected chi connectivity index (χ0v) is 11.0. The molecule has 0 radical (unpaired) electrons. The zero-order chi connectivity index (χ0) is 12.5. The predicted molar refractivity (Wildman–Crippen MR) is 70.8 cm³/mol. The van der Waals surface area contributed by atoms with Crippen LogP contribution in [0.25, 0.3) is 0 Å². The summed E-state index contributed by atoms with van der Waals surface area (Å²) in [5.41, 5.74) is 2.34. The third kappa shape index (κ3) is 1.97. The lowest BCUT2D eigenvalue weighted by atomic mass is 9.74. The molecule has 0 N–H and O–H groups in total. The Bertz CT molecular complexity index is 424. The fourth-order valence-corrected chi connectivity index (χ4v) is 3.00. The van der Waals surface area contributed by atoms with Crippen LogP contribution in [0, 0.1) is 17.2 Å². The van der Waals surface area contributed by atoms with Crippen molar-refractivity contribution < 1.29 is 0 Å². The van der Waals surface area contributed by atoms with E-state index in [0.717, 1.165) is 6.42 Å². The van der Waals surface area contributed by atoms with Gasteiger partial charge in [-0.1, -0.05) is 51.5 Å². The summed E-state index contributed by atoms with van der Waals surface area (Å²) < 4.78 is 0. The summed E-state index contributed by atoms with van der Waals surface area (Å²) in [6.45, 7) is 6.62. The van der Waals surface area contributed by atoms with Crippen LogP contribution in [0.2, 0.25) is 0 Å². The molecule has 0 bridgehead atoms. The fraction of sp³-hybridized carbons (Fsp3) is 0.562. The second kappa shape index (κ2) is 4.53. The van der Waals surface area contributed by atoms with E-state index in [1.165, 1.54) is 24.0 Å². The lowest BCUT2D eigenvalue weighted by Gasteiger charge is -2.26. The van der Waals surface area contributed by atoms with E-state index in [-0.39, 0.29) is 5.41 Å². The third-order valence-corrected chi connectivity index (χ3v) is 4.34. The Morgan fingerprint density at radius 1 is 1.29 bits per heavy atom. The summed E-state index contributed by atoms with van der Waals surface area (Å²) in [6, 6.07) is 11.3. The van der Waals surface area contributed by atoms with Crippen molar-refractivity contribution in [3.63, 3.8) is 0 Å². The standard InChI is InChI=1S/C16H21N/c1-12(2)14-6-8-15(9-7-14)16(11-17)10-4-5-13(16)3/h6-9,12-13H,4-5,10H2,1-3H3. The summed E-state index contributed by atoms with van der Waals surface area (Å²) in [6.07, 6.45) is 3.38. The Labute approximate surface area is 104 Å². The molecule has 2 rings (SSSR count). The molecule has 2 atom stereocenters. The molecule has 17 heavy (non-hydrogen) atoms. The Kier molecular flexibility index (Phi) is 3.24. The van der Waals surface area contributed by atoms with Gasteiger partial charge in [-0.3, -0.25) is 0 Å². The maximum Gasteiger partial charge on any atom is 0.0847 e. The highest BCUT2D eigenvalue weighted by Gasteiger charge is 2.41. The Morgan fingerprint density at radius 3 is 2.35 bits per heavy atom. The molecule has 1 aromatic rings. The average molecular weight is 227 g/mol. The fourth-order valence-electron chi connectivity index (χ4n) is 3.00. The Morgan fingerprint density at radius 2 is 1.94 bits per heavy atom. The van der Waals surface area contributed by atoms with Crippen LogP contribution in [0.5, 0.6) is 0 Å². The van der Waals surface area contributed by atoms with Crippen LogP contribution in [0.1, 0.15) is 57.1 Å². The molecule has 1 aromatic carbocycles. The first-order chi connectivity index (χ1) is 8.10. The Hall–Kier alpha value is -1.29. The van der Waals surface area contributed by atoms with Gasteiger partial charge in [0.25, 0.3) is 0 Å². The van der Waals surface area contributed by atoms with E-state index in [1.807, 2.05) is 0 Å². The van der Waals surface area contributed by atoms with Crippen molar-refractivity contribution in [2.45, 2.75) is 51.4 Å². The average Bonchev–Trinajstić information content (AvgIpc) is 2.71. The van der Waals surface area contributed by atoms with Gasteiger partial charge >= 0.3 is 0 Å². The molecule has 0 spiro atoms. The van der Waals surface area contributed by atoms with Crippen LogP contribution < -0.4 is 0 Å². The van der Waals surface area contributed by atoms with Crippen molar-refractivity contribution in [1.29, 1.82) is 5.26 Å². The lowest BCUT2D eigenvalue weighted by molar-refractivity contribution is 0.431. The molecule has 0 amide bonds. The van der Waals surface area contributed by atoms with E-state index in [1.54, 1.807) is 0 Å². The minimum absolute atomic E-state index is 0.227. The van der Waals surface area contributed by atoms with Crippen LogP contribution in [0.4, 0.5) is 0 Å². The number of nitrogens with zero attached hydrogens (tertiary/aromatic N) is 1. The smallest absolute Gasteiger partial charge is 0.0847 e. The van der Waals surface area contributed by atoms with Crippen molar-refractivity contribution in [3.05, 3.63) is 35.4 Å². The van der Waals surface area contributed by atoms with Crippen LogP contribution >= 0.6 is 0 Å². The second-order valence-corrected chi connectivity index (χ2v) is 5.65. The van der Waals surface area contributed by atoms with Crippen LogP contribution in [-0.4, -0.2) is 0 Å². The van der Waals surface area contributed by atoms with Crippen LogP contribution in [0.15, 0.2) is 24.3 Å². The molecule has 1 aliphatic carbocycles. The van der Waals surface area contributed by atoms with Crippen molar-refractivity contribution in [2.75, 3.05) is 0 Å². The van der Waals surface area contributed by atoms with Crippen molar-refractivity contribution in [2.24, 2.45) is 5.92 Å². The lowest BCUT2D eigenvalue weighted by Crippen LogP contribution is -2.26. The van der Waals surface area contributed by atoms with E-state index in [9.17, 15) is 5.26 Å². The molecule has 0 aliphatic heterocycles. The first-order valence-corrected chi connectivity index (χ1v) is 6.62. The largest absolute Gasteiger partial charge is 0.197 e. The maximum atomic E-state index is 9.57. The summed E-state index contributed by atoms with van der Waals surface area (Å²) in [7, 11) is 0. The summed E-state index contributed by atoms with van der Waals surface area (Å²) in [5.74, 6) is 1.04. The highest BCUT2D eigenvalue weighted by atomic mass is 14.5. The molecule has 90 valence electrons. The number of rotatable bonds is 2. The van der Waals surface area contributed by atoms with E-state index in [2.05, 4.69) is 51.1 Å². The van der Waals surface area contributed by atoms with Gasteiger partial charge in [0, 0.05) is 0 Å². The molecule has 2 unspecified atom stereocenters. The summed E-state index contributed by atoms with van der Waals surface area (Å²) in [5, 5.41) is 9.57. The molecule has 1 fully saturated rings. The molecule has 1 saturated carbocycles. The summed E-state index contributed by atoms with van der Waals surface area (Å²) >= 11 is 0. The Balaban J connectivity index is 2.36. The van der Waals surface area contributed by atoms with Crippen molar-refractivity contribution in [3.8, 4) is 6.07 Å². The number of benzene rings is 1. The van der Waals surface area contributed by atoms with Crippen molar-refractivity contribution >= 4 is 0 Å². The first-order valence-electron chi connectivity index (χ1n) is 6.62. The van der Waals surface area contributed by atoms with Gasteiger partial charge in [-0.2, -0.15) is 5.26 Å². The highest BCUT2D eigenvalue weighted by Crippen LogP contribution is 2.45.